The molecule has 1 N–H and O–H groups in total. The van der Waals surface area contributed by atoms with Gasteiger partial charge in [0.1, 0.15) is 12.1 Å². The van der Waals surface area contributed by atoms with Crippen LogP contribution in [0.2, 0.25) is 5.28 Å². The minimum Gasteiger partial charge on any atom is -0.321 e. The molecule has 0 fully saturated rings. The molecule has 21 heavy (non-hydrogen) atoms. The Bertz CT molecular complexity index is 774. The van der Waals surface area contributed by atoms with Gasteiger partial charge in [-0.1, -0.05) is 6.07 Å². The van der Waals surface area contributed by atoms with Crippen LogP contribution in [-0.2, 0) is 0 Å². The molecule has 0 radical (unpaired) electrons. The highest BCUT2D eigenvalue weighted by atomic mass is 35.5. The summed E-state index contributed by atoms with van der Waals surface area (Å²) >= 11 is 5.87. The van der Waals surface area contributed by atoms with Gasteiger partial charge in [-0.15, -0.1) is 0 Å². The van der Waals surface area contributed by atoms with E-state index in [0.29, 0.717) is 5.95 Å². The van der Waals surface area contributed by atoms with Crippen molar-refractivity contribution in [3.05, 3.63) is 53.6 Å². The molecule has 3 aromatic rings. The lowest BCUT2D eigenvalue weighted by Gasteiger charge is -2.08. The molecule has 0 saturated heterocycles. The van der Waals surface area contributed by atoms with E-state index in [0.717, 1.165) is 5.56 Å². The molecule has 0 bridgehead atoms. The van der Waals surface area contributed by atoms with Gasteiger partial charge < -0.3 is 5.32 Å². The van der Waals surface area contributed by atoms with E-state index in [1.165, 1.54) is 12.4 Å². The first-order valence-corrected chi connectivity index (χ1v) is 6.43. The van der Waals surface area contributed by atoms with Crippen molar-refractivity contribution in [3.8, 4) is 5.95 Å². The number of aryl methyl sites for hydroxylation is 1. The van der Waals surface area contributed by atoms with Crippen LogP contribution in [0.4, 0.5) is 16.0 Å². The van der Waals surface area contributed by atoms with Crippen LogP contribution in [-0.4, -0.2) is 24.5 Å². The van der Waals surface area contributed by atoms with E-state index in [4.69, 9.17) is 11.6 Å². The Balaban J connectivity index is 1.97. The van der Waals surface area contributed by atoms with Crippen LogP contribution in [0.25, 0.3) is 5.95 Å². The quantitative estimate of drug-likeness (QED) is 0.806. The van der Waals surface area contributed by atoms with Crippen molar-refractivity contribution in [2.45, 2.75) is 6.92 Å². The third-order valence-corrected chi connectivity index (χ3v) is 2.87. The molecule has 0 spiro atoms. The van der Waals surface area contributed by atoms with E-state index in [2.05, 4.69) is 25.3 Å². The summed E-state index contributed by atoms with van der Waals surface area (Å²) in [5, 5.41) is 2.80. The first-order chi connectivity index (χ1) is 10.1. The van der Waals surface area contributed by atoms with Crippen LogP contribution < -0.4 is 5.32 Å². The number of rotatable bonds is 3. The van der Waals surface area contributed by atoms with Crippen molar-refractivity contribution in [3.63, 3.8) is 0 Å². The number of anilines is 2. The van der Waals surface area contributed by atoms with Crippen LogP contribution in [0, 0.1) is 12.7 Å². The van der Waals surface area contributed by atoms with Gasteiger partial charge in [0.05, 0.1) is 5.69 Å². The maximum atomic E-state index is 13.7. The van der Waals surface area contributed by atoms with E-state index >= 15 is 0 Å². The van der Waals surface area contributed by atoms with Gasteiger partial charge in [0.15, 0.2) is 0 Å². The number of hydrogen-bond donors (Lipinski definition) is 1. The average Bonchev–Trinajstić information content (AvgIpc) is 2.96. The molecule has 8 heteroatoms. The molecule has 0 aliphatic heterocycles. The van der Waals surface area contributed by atoms with Crippen molar-refractivity contribution in [1.29, 1.82) is 0 Å². The Hall–Kier alpha value is -2.54. The van der Waals surface area contributed by atoms with Gasteiger partial charge in [0.25, 0.3) is 0 Å². The Morgan fingerprint density at radius 1 is 1.24 bits per heavy atom. The molecule has 0 atom stereocenters. The fourth-order valence-electron chi connectivity index (χ4n) is 1.74. The first-order valence-electron chi connectivity index (χ1n) is 6.05. The van der Waals surface area contributed by atoms with Gasteiger partial charge in [-0.25, -0.2) is 9.37 Å². The summed E-state index contributed by atoms with van der Waals surface area (Å²) in [5.41, 5.74) is 1.18. The largest absolute Gasteiger partial charge is 0.321 e. The van der Waals surface area contributed by atoms with Gasteiger partial charge in [-0.05, 0) is 36.2 Å². The summed E-state index contributed by atoms with van der Waals surface area (Å²) in [6.07, 6.45) is 4.79. The summed E-state index contributed by atoms with van der Waals surface area (Å²) in [5.74, 6) is 0.0487. The van der Waals surface area contributed by atoms with Crippen molar-refractivity contribution in [2.75, 3.05) is 5.32 Å². The maximum Gasteiger partial charge on any atom is 0.241 e. The zero-order chi connectivity index (χ0) is 14.8. The number of aromatic nitrogens is 5. The first kappa shape index (κ1) is 13.4. The van der Waals surface area contributed by atoms with Gasteiger partial charge in [-0.3, -0.25) is 4.57 Å². The second-order valence-electron chi connectivity index (χ2n) is 4.31. The lowest BCUT2D eigenvalue weighted by molar-refractivity contribution is 0.631. The number of nitrogens with zero attached hydrogens (tertiary/aromatic N) is 5. The monoisotopic (exact) mass is 304 g/mol. The normalized spacial score (nSPS) is 10.6. The fourth-order valence-corrected chi connectivity index (χ4v) is 1.90. The van der Waals surface area contributed by atoms with Crippen molar-refractivity contribution in [2.24, 2.45) is 0 Å². The Morgan fingerprint density at radius 2 is 2.10 bits per heavy atom. The molecule has 1 aromatic carbocycles. The summed E-state index contributed by atoms with van der Waals surface area (Å²) in [7, 11) is 0. The predicted octanol–water partition coefficient (Wildman–Crippen LogP) is 2.90. The molecule has 0 amide bonds. The highest BCUT2D eigenvalue weighted by Gasteiger charge is 2.09. The molecule has 0 saturated carbocycles. The zero-order valence-electron chi connectivity index (χ0n) is 11.0. The molecule has 0 aliphatic carbocycles. The van der Waals surface area contributed by atoms with E-state index in [1.54, 1.807) is 29.1 Å². The third-order valence-electron chi connectivity index (χ3n) is 2.70. The van der Waals surface area contributed by atoms with Gasteiger partial charge >= 0.3 is 0 Å². The number of nitrogens with one attached hydrogen (secondary N) is 1. The highest BCUT2D eigenvalue weighted by molar-refractivity contribution is 6.28. The SMILES string of the molecule is Cc1ccc(F)c(Nc2nc(Cl)nc(-n3ccnc3)n2)c1. The lowest BCUT2D eigenvalue weighted by atomic mass is 10.2. The van der Waals surface area contributed by atoms with Gasteiger partial charge in [-0.2, -0.15) is 15.0 Å². The fraction of sp³-hybridized carbons (Fsp3) is 0.0769. The molecule has 2 aromatic heterocycles. The minimum absolute atomic E-state index is 0.00395. The van der Waals surface area contributed by atoms with E-state index < -0.39 is 5.82 Å². The minimum atomic E-state index is -0.402. The topological polar surface area (TPSA) is 68.5 Å². The second-order valence-corrected chi connectivity index (χ2v) is 4.64. The second kappa shape index (κ2) is 5.45. The average molecular weight is 305 g/mol. The van der Waals surface area contributed by atoms with Crippen LogP contribution in [0.15, 0.2) is 36.9 Å². The zero-order valence-corrected chi connectivity index (χ0v) is 11.7. The van der Waals surface area contributed by atoms with E-state index in [-0.39, 0.29) is 16.9 Å². The van der Waals surface area contributed by atoms with Gasteiger partial charge in [0.2, 0.25) is 17.2 Å². The van der Waals surface area contributed by atoms with Crippen LogP contribution in [0.5, 0.6) is 0 Å². The smallest absolute Gasteiger partial charge is 0.241 e. The van der Waals surface area contributed by atoms with Crippen molar-refractivity contribution >= 4 is 23.2 Å². The summed E-state index contributed by atoms with van der Waals surface area (Å²) < 4.78 is 15.3. The highest BCUT2D eigenvalue weighted by Crippen LogP contribution is 2.20. The van der Waals surface area contributed by atoms with Crippen molar-refractivity contribution < 1.29 is 4.39 Å². The maximum absolute atomic E-state index is 13.7. The lowest BCUT2D eigenvalue weighted by Crippen LogP contribution is -2.06. The third kappa shape index (κ3) is 2.97. The molecule has 0 aliphatic rings. The molecular weight excluding hydrogens is 295 g/mol. The molecule has 0 unspecified atom stereocenters. The predicted molar refractivity (Wildman–Crippen MR) is 76.4 cm³/mol. The van der Waals surface area contributed by atoms with Crippen LogP contribution >= 0.6 is 11.6 Å². The van der Waals surface area contributed by atoms with Crippen LogP contribution in [0.1, 0.15) is 5.56 Å². The van der Waals surface area contributed by atoms with E-state index in [9.17, 15) is 4.39 Å². The number of benzene rings is 1. The summed E-state index contributed by atoms with van der Waals surface area (Å²) in [6.45, 7) is 1.86. The standard InChI is InChI=1S/C13H10ClFN6/c1-8-2-3-9(15)10(6-8)17-12-18-11(14)19-13(20-12)21-5-4-16-7-21/h2-7H,1H3,(H,17,18,19,20). The van der Waals surface area contributed by atoms with E-state index in [1.807, 2.05) is 6.92 Å². The molecule has 2 heterocycles. The Labute approximate surface area is 124 Å². The molecule has 106 valence electrons. The molecular formula is C13H10ClFN6. The summed E-state index contributed by atoms with van der Waals surface area (Å²) in [4.78, 5) is 16.0. The number of imidazole rings is 1. The van der Waals surface area contributed by atoms with Gasteiger partial charge in [0, 0.05) is 12.4 Å². The molecule has 6 nitrogen and oxygen atoms in total. The van der Waals surface area contributed by atoms with Crippen molar-refractivity contribution in [1.82, 2.24) is 24.5 Å². The number of halogens is 2. The molecule has 3 rings (SSSR count). The number of hydrogen-bond acceptors (Lipinski definition) is 5. The van der Waals surface area contributed by atoms with Crippen LogP contribution in [0.3, 0.4) is 0 Å². The Morgan fingerprint density at radius 3 is 2.86 bits per heavy atom. The summed E-state index contributed by atoms with van der Waals surface area (Å²) in [6, 6.07) is 4.71. The Kier molecular flexibility index (Phi) is 3.49.